The van der Waals surface area contributed by atoms with Gasteiger partial charge in [-0.15, -0.1) is 5.10 Å². The monoisotopic (exact) mass is 685 g/mol. The molecule has 4 rings (SSSR count). The zero-order valence-electron chi connectivity index (χ0n) is 26.9. The highest BCUT2D eigenvalue weighted by molar-refractivity contribution is 7.39. The number of carbonyl (C=O) groups excluding carboxylic acids is 2. The van der Waals surface area contributed by atoms with Gasteiger partial charge in [-0.1, -0.05) is 19.9 Å². The molecule has 2 aromatic heterocycles. The molecule has 0 radical (unpaired) electrons. The van der Waals surface area contributed by atoms with Crippen molar-refractivity contribution in [1.82, 2.24) is 19.6 Å². The Morgan fingerprint density at radius 3 is 2.51 bits per heavy atom. The van der Waals surface area contributed by atoms with Gasteiger partial charge in [0.15, 0.2) is 13.3 Å². The highest BCUT2D eigenvalue weighted by Gasteiger charge is 2.37. The van der Waals surface area contributed by atoms with Crippen LogP contribution >= 0.6 is 8.60 Å². The minimum Gasteiger partial charge on any atom is -0.471 e. The average molecular weight is 686 g/mol. The molecule has 0 saturated heterocycles. The summed E-state index contributed by atoms with van der Waals surface area (Å²) in [5.41, 5.74) is 1.81. The van der Waals surface area contributed by atoms with Gasteiger partial charge in [0.2, 0.25) is 5.88 Å². The predicted octanol–water partition coefficient (Wildman–Crippen LogP) is 4.82. The van der Waals surface area contributed by atoms with E-state index in [1.54, 1.807) is 26.0 Å². The van der Waals surface area contributed by atoms with E-state index in [2.05, 4.69) is 15.5 Å². The van der Waals surface area contributed by atoms with Crippen LogP contribution < -0.4 is 14.6 Å². The number of alkyl halides is 3. The van der Waals surface area contributed by atoms with Gasteiger partial charge in [0.25, 0.3) is 12.3 Å². The number of carbonyl (C=O) groups is 2. The van der Waals surface area contributed by atoms with E-state index in [0.717, 1.165) is 15.8 Å². The van der Waals surface area contributed by atoms with E-state index in [1.807, 2.05) is 19.9 Å². The molecule has 0 bridgehead atoms. The summed E-state index contributed by atoms with van der Waals surface area (Å²) in [6.45, 7) is 5.94. The standard InChI is InChI=1S/C30H39F3N5O8P/c1-16-7-17(2)28(23(8-16)46-47(41)42)30(3,4)13-27(39)45-15-38-25(11-20(35-38)18-9-19(31)22(10-18)43-6)34-29(40)21-12-26(36-37(21)5)44-14-24(32)33/h7-8,11-12,18-19,22,24,41-42H,9-10,13-15H2,1-6H3,(H,34,40). The lowest BCUT2D eigenvalue weighted by Crippen LogP contribution is -2.26. The Kier molecular flexibility index (Phi) is 11.5. The summed E-state index contributed by atoms with van der Waals surface area (Å²) >= 11 is 0. The predicted molar refractivity (Wildman–Crippen MR) is 164 cm³/mol. The minimum atomic E-state index is -2.72. The number of hydrogen-bond donors (Lipinski definition) is 3. The van der Waals surface area contributed by atoms with E-state index in [9.17, 15) is 32.5 Å². The van der Waals surface area contributed by atoms with Crippen LogP contribution in [0.2, 0.25) is 0 Å². The van der Waals surface area contributed by atoms with Crippen LogP contribution in [0.15, 0.2) is 24.3 Å². The van der Waals surface area contributed by atoms with Crippen molar-refractivity contribution in [2.24, 2.45) is 7.05 Å². The van der Waals surface area contributed by atoms with Gasteiger partial charge in [0, 0.05) is 43.2 Å². The summed E-state index contributed by atoms with van der Waals surface area (Å²) in [6.07, 6.45) is -4.17. The summed E-state index contributed by atoms with van der Waals surface area (Å²) in [5, 5.41) is 11.1. The zero-order valence-corrected chi connectivity index (χ0v) is 27.8. The van der Waals surface area contributed by atoms with Crippen LogP contribution in [0.25, 0.3) is 0 Å². The van der Waals surface area contributed by atoms with Crippen molar-refractivity contribution >= 4 is 26.3 Å². The number of benzene rings is 1. The number of hydrogen-bond acceptors (Lipinski definition) is 10. The van der Waals surface area contributed by atoms with Crippen molar-refractivity contribution in [1.29, 1.82) is 0 Å². The van der Waals surface area contributed by atoms with Gasteiger partial charge in [-0.2, -0.15) is 5.10 Å². The van der Waals surface area contributed by atoms with E-state index in [1.165, 1.54) is 24.9 Å². The summed E-state index contributed by atoms with van der Waals surface area (Å²) in [5.74, 6) is -1.42. The maximum absolute atomic E-state index is 14.5. The molecule has 258 valence electrons. The topological polar surface area (TPSA) is 159 Å². The molecule has 17 heteroatoms. The van der Waals surface area contributed by atoms with E-state index in [4.69, 9.17) is 18.7 Å². The van der Waals surface area contributed by atoms with E-state index in [-0.39, 0.29) is 41.9 Å². The quantitative estimate of drug-likeness (QED) is 0.159. The third-order valence-electron chi connectivity index (χ3n) is 7.87. The molecule has 3 N–H and O–H groups in total. The van der Waals surface area contributed by atoms with Crippen molar-refractivity contribution < 1.29 is 51.3 Å². The molecule has 0 spiro atoms. The molecule has 1 fully saturated rings. The van der Waals surface area contributed by atoms with Gasteiger partial charge in [0.05, 0.1) is 18.2 Å². The Morgan fingerprint density at radius 2 is 1.87 bits per heavy atom. The molecule has 47 heavy (non-hydrogen) atoms. The van der Waals surface area contributed by atoms with Crippen molar-refractivity contribution in [2.45, 2.75) is 83.7 Å². The lowest BCUT2D eigenvalue weighted by molar-refractivity contribution is -0.149. The number of halogens is 3. The van der Waals surface area contributed by atoms with Gasteiger partial charge in [-0.25, -0.2) is 17.9 Å². The van der Waals surface area contributed by atoms with Crippen molar-refractivity contribution in [3.8, 4) is 11.6 Å². The fourth-order valence-electron chi connectivity index (χ4n) is 5.91. The number of nitrogens with one attached hydrogen (secondary N) is 1. The molecule has 3 aromatic rings. The van der Waals surface area contributed by atoms with Crippen molar-refractivity contribution in [3.05, 3.63) is 52.3 Å². The van der Waals surface area contributed by atoms with E-state index < -0.39 is 57.9 Å². The molecule has 3 atom stereocenters. The molecule has 3 unspecified atom stereocenters. The maximum Gasteiger partial charge on any atom is 0.391 e. The van der Waals surface area contributed by atoms with Crippen molar-refractivity contribution in [3.63, 3.8) is 0 Å². The van der Waals surface area contributed by atoms with Gasteiger partial charge in [-0.05, 0) is 43.9 Å². The van der Waals surface area contributed by atoms with Crippen LogP contribution in [0.3, 0.4) is 0 Å². The first-order valence-corrected chi connectivity index (χ1v) is 15.9. The van der Waals surface area contributed by atoms with Crippen LogP contribution in [0.4, 0.5) is 19.0 Å². The second kappa shape index (κ2) is 15.0. The normalized spacial score (nSPS) is 18.2. The Hall–Kier alpha value is -3.72. The van der Waals surface area contributed by atoms with E-state index >= 15 is 0 Å². The molecule has 2 heterocycles. The van der Waals surface area contributed by atoms with Gasteiger partial charge in [0.1, 0.15) is 23.4 Å². The molecule has 0 aliphatic heterocycles. The summed E-state index contributed by atoms with van der Waals surface area (Å²) in [6, 6.07) is 6.31. The summed E-state index contributed by atoms with van der Waals surface area (Å²) < 4.78 is 63.1. The highest BCUT2D eigenvalue weighted by Crippen LogP contribution is 2.42. The van der Waals surface area contributed by atoms with E-state index in [0.29, 0.717) is 17.7 Å². The first-order valence-electron chi connectivity index (χ1n) is 14.7. The average Bonchev–Trinajstić information content (AvgIpc) is 3.65. The zero-order chi connectivity index (χ0) is 34.6. The molecule has 1 aromatic carbocycles. The second-order valence-corrected chi connectivity index (χ2v) is 12.8. The number of ether oxygens (including phenoxy) is 3. The number of amides is 1. The Labute approximate surface area is 270 Å². The first-order chi connectivity index (χ1) is 22.1. The fourth-order valence-corrected chi connectivity index (χ4v) is 6.23. The molecular formula is C30H39F3N5O8P. The van der Waals surface area contributed by atoms with Crippen LogP contribution in [0.1, 0.15) is 71.9 Å². The van der Waals surface area contributed by atoms with Crippen LogP contribution in [0, 0.1) is 13.8 Å². The van der Waals surface area contributed by atoms with Crippen LogP contribution in [-0.2, 0) is 33.5 Å². The largest absolute Gasteiger partial charge is 0.471 e. The molecule has 1 aliphatic rings. The molecular weight excluding hydrogens is 646 g/mol. The number of aryl methyl sites for hydroxylation is 3. The lowest BCUT2D eigenvalue weighted by atomic mass is 9.78. The SMILES string of the molecule is COC1CC(c2cc(NC(=O)c3cc(OCC(F)F)nn3C)n(COC(=O)CC(C)(C)c3c(C)cc(C)cc3OP(O)O)n2)CC1F. The number of methoxy groups -OCH3 is 1. The number of esters is 1. The Morgan fingerprint density at radius 1 is 1.15 bits per heavy atom. The molecule has 1 saturated carbocycles. The molecule has 13 nitrogen and oxygen atoms in total. The van der Waals surface area contributed by atoms with Crippen LogP contribution in [0.5, 0.6) is 11.6 Å². The number of nitrogens with zero attached hydrogens (tertiary/aromatic N) is 4. The lowest BCUT2D eigenvalue weighted by Gasteiger charge is -2.29. The third-order valence-corrected chi connectivity index (χ3v) is 8.23. The summed E-state index contributed by atoms with van der Waals surface area (Å²) in [7, 11) is 0.168. The molecule has 1 aliphatic carbocycles. The summed E-state index contributed by atoms with van der Waals surface area (Å²) in [4.78, 5) is 45.4. The number of rotatable bonds is 14. The first kappa shape index (κ1) is 36.1. The fraction of sp³-hybridized carbons (Fsp3) is 0.533. The highest BCUT2D eigenvalue weighted by atomic mass is 31.2. The number of aromatic nitrogens is 4. The Balaban J connectivity index is 1.54. The van der Waals surface area contributed by atoms with Gasteiger partial charge >= 0.3 is 14.6 Å². The van der Waals surface area contributed by atoms with Gasteiger partial charge in [-0.3, -0.25) is 14.3 Å². The number of anilines is 1. The van der Waals surface area contributed by atoms with Crippen molar-refractivity contribution in [2.75, 3.05) is 19.0 Å². The maximum atomic E-state index is 14.5. The third kappa shape index (κ3) is 9.01. The Bertz CT molecular complexity index is 1580. The van der Waals surface area contributed by atoms with Gasteiger partial charge < -0.3 is 33.8 Å². The second-order valence-electron chi connectivity index (χ2n) is 12.1. The minimum absolute atomic E-state index is 0.00707. The molecule has 1 amide bonds. The van der Waals surface area contributed by atoms with Crippen LogP contribution in [-0.4, -0.2) is 73.6 Å². The smallest absolute Gasteiger partial charge is 0.391 e.